The third kappa shape index (κ3) is 3.67. The first-order valence-electron chi connectivity index (χ1n) is 9.11. The van der Waals surface area contributed by atoms with Gasteiger partial charge >= 0.3 is 6.03 Å². The summed E-state index contributed by atoms with van der Waals surface area (Å²) in [5.41, 5.74) is -1.20. The number of urea groups is 1. The lowest BCUT2D eigenvalue weighted by molar-refractivity contribution is -0.157. The summed E-state index contributed by atoms with van der Waals surface area (Å²) in [6.45, 7) is 19.7. The van der Waals surface area contributed by atoms with Crippen LogP contribution in [0.5, 0.6) is 0 Å². The molecule has 0 aromatic heterocycles. The van der Waals surface area contributed by atoms with Crippen LogP contribution < -0.4 is 0 Å². The number of nitrogens with zero attached hydrogens (tertiary/aromatic N) is 2. The summed E-state index contributed by atoms with van der Waals surface area (Å²) in [5, 5.41) is 0. The summed E-state index contributed by atoms with van der Waals surface area (Å²) in [4.78, 5) is 40.3. The van der Waals surface area contributed by atoms with Crippen molar-refractivity contribution in [3.8, 4) is 0 Å². The molecule has 142 valence electrons. The van der Waals surface area contributed by atoms with Gasteiger partial charge in [0.1, 0.15) is 5.41 Å². The topological polar surface area (TPSA) is 57.7 Å². The van der Waals surface area contributed by atoms with Crippen LogP contribution in [0.3, 0.4) is 0 Å². The highest BCUT2D eigenvalue weighted by molar-refractivity contribution is 6.82. The van der Waals surface area contributed by atoms with E-state index in [0.29, 0.717) is 0 Å². The monoisotopic (exact) mass is 382 g/mol. The maximum absolute atomic E-state index is 13.6. The number of amides is 4. The van der Waals surface area contributed by atoms with E-state index in [1.165, 1.54) is 9.13 Å². The van der Waals surface area contributed by atoms with E-state index >= 15 is 0 Å². The number of carbonyl (C=O) groups excluding carboxylic acids is 3. The Hall–Kier alpha value is -1.22. The van der Waals surface area contributed by atoms with Crippen LogP contribution in [0.4, 0.5) is 4.79 Å². The summed E-state index contributed by atoms with van der Waals surface area (Å²) < 4.78 is 2.89. The molecular weight excluding hydrogens is 348 g/mol. The Bertz CT molecular complexity index is 540. The lowest BCUT2D eigenvalue weighted by atomic mass is 9.69. The van der Waals surface area contributed by atoms with Crippen molar-refractivity contribution in [3.05, 3.63) is 12.7 Å². The molecule has 0 radical (unpaired) electrons. The summed E-state index contributed by atoms with van der Waals surface area (Å²) in [7, 11) is -4.58. The summed E-state index contributed by atoms with van der Waals surface area (Å²) in [6, 6.07) is -0.406. The number of imide groups is 2. The zero-order chi connectivity index (χ0) is 19.8. The second-order valence-corrected chi connectivity index (χ2v) is 18.6. The van der Waals surface area contributed by atoms with Crippen molar-refractivity contribution in [1.82, 2.24) is 9.13 Å². The fourth-order valence-corrected chi connectivity index (χ4v) is 6.72. The number of allylic oxidation sites excluding steroid dienone is 1. The predicted molar refractivity (Wildman–Crippen MR) is 107 cm³/mol. The molecule has 7 heteroatoms. The van der Waals surface area contributed by atoms with E-state index in [1.807, 2.05) is 53.1 Å². The van der Waals surface area contributed by atoms with Gasteiger partial charge in [0, 0.05) is 0 Å². The van der Waals surface area contributed by atoms with Crippen molar-refractivity contribution in [3.63, 3.8) is 0 Å². The van der Waals surface area contributed by atoms with E-state index in [-0.39, 0.29) is 24.2 Å². The smallest absolute Gasteiger partial charge is 0.294 e. The standard InChI is InChI=1S/C18H34N2O3Si2/c1-10-12-14(3)18(13-11-2)15(21)19(24(4,5)6)17(23)20(16(18)22)25(7,8)9/h11,14H,2,10,12-13H2,1,3-9H3. The molecule has 0 aromatic rings. The number of hydrogen-bond acceptors (Lipinski definition) is 3. The van der Waals surface area contributed by atoms with Crippen molar-refractivity contribution in [2.45, 2.75) is 72.4 Å². The van der Waals surface area contributed by atoms with Crippen molar-refractivity contribution in [2.75, 3.05) is 0 Å². The Labute approximate surface area is 154 Å². The molecule has 4 amide bonds. The van der Waals surface area contributed by atoms with E-state index in [2.05, 4.69) is 6.58 Å². The molecule has 5 nitrogen and oxygen atoms in total. The molecule has 0 aliphatic carbocycles. The van der Waals surface area contributed by atoms with E-state index in [1.54, 1.807) is 6.08 Å². The van der Waals surface area contributed by atoms with Crippen LogP contribution >= 0.6 is 0 Å². The molecule has 1 unspecified atom stereocenters. The first kappa shape index (κ1) is 21.8. The molecule has 1 fully saturated rings. The molecule has 1 aliphatic rings. The van der Waals surface area contributed by atoms with Crippen molar-refractivity contribution < 1.29 is 14.4 Å². The third-order valence-electron chi connectivity index (χ3n) is 4.92. The zero-order valence-corrected chi connectivity index (χ0v) is 19.1. The van der Waals surface area contributed by atoms with Crippen LogP contribution in [0, 0.1) is 11.3 Å². The molecule has 1 atom stereocenters. The van der Waals surface area contributed by atoms with Gasteiger partial charge in [0.2, 0.25) is 11.8 Å². The van der Waals surface area contributed by atoms with Gasteiger partial charge in [0.15, 0.2) is 16.5 Å². The molecule has 0 bridgehead atoms. The SMILES string of the molecule is C=CCC1(C(C)CCC)C(=O)N([Si](C)(C)C)C(=O)N([Si](C)(C)C)C1=O. The fourth-order valence-electron chi connectivity index (χ4n) is 3.65. The lowest BCUT2D eigenvalue weighted by Gasteiger charge is -2.53. The quantitative estimate of drug-likeness (QED) is 0.371. The van der Waals surface area contributed by atoms with Gasteiger partial charge in [0.05, 0.1) is 0 Å². The van der Waals surface area contributed by atoms with E-state index in [4.69, 9.17) is 0 Å². The number of rotatable bonds is 7. The first-order chi connectivity index (χ1) is 11.3. The maximum atomic E-state index is 13.6. The van der Waals surface area contributed by atoms with Crippen LogP contribution in [0.25, 0.3) is 0 Å². The number of barbiturate groups is 1. The fraction of sp³-hybridized carbons (Fsp3) is 0.722. The molecular formula is C18H34N2O3Si2. The van der Waals surface area contributed by atoms with Crippen molar-refractivity contribution in [2.24, 2.45) is 11.3 Å². The van der Waals surface area contributed by atoms with Gasteiger partial charge in [0.25, 0.3) is 0 Å². The summed E-state index contributed by atoms with van der Waals surface area (Å²) in [6.07, 6.45) is 3.58. The minimum atomic E-state index is -2.29. The molecule has 0 aromatic carbocycles. The predicted octanol–water partition coefficient (Wildman–Crippen LogP) is 4.45. The van der Waals surface area contributed by atoms with Gasteiger partial charge in [-0.3, -0.25) is 18.7 Å². The molecule has 1 aliphatic heterocycles. The highest BCUT2D eigenvalue weighted by atomic mass is 28.3. The van der Waals surface area contributed by atoms with Gasteiger partial charge < -0.3 is 0 Å². The Morgan fingerprint density at radius 3 is 1.68 bits per heavy atom. The van der Waals surface area contributed by atoms with Crippen LogP contribution in [0.2, 0.25) is 39.3 Å². The first-order valence-corrected chi connectivity index (χ1v) is 16.0. The van der Waals surface area contributed by atoms with Gasteiger partial charge in [-0.15, -0.1) is 6.58 Å². The highest BCUT2D eigenvalue weighted by Gasteiger charge is 2.62. The number of hydrogen-bond donors (Lipinski definition) is 0. The van der Waals surface area contributed by atoms with Crippen LogP contribution in [0.1, 0.15) is 33.1 Å². The summed E-state index contributed by atoms with van der Waals surface area (Å²) >= 11 is 0. The van der Waals surface area contributed by atoms with E-state index in [9.17, 15) is 14.4 Å². The Morgan fingerprint density at radius 2 is 1.40 bits per heavy atom. The van der Waals surface area contributed by atoms with Gasteiger partial charge in [-0.05, 0) is 18.8 Å². The average molecular weight is 383 g/mol. The minimum Gasteiger partial charge on any atom is -0.294 e. The lowest BCUT2D eigenvalue weighted by Crippen LogP contribution is -2.75. The number of carbonyl (C=O) groups is 3. The molecule has 25 heavy (non-hydrogen) atoms. The largest absolute Gasteiger partial charge is 0.317 e. The molecule has 1 heterocycles. The van der Waals surface area contributed by atoms with Crippen LogP contribution in [-0.4, -0.2) is 43.4 Å². The Kier molecular flexibility index (Phi) is 6.28. The molecule has 1 rings (SSSR count). The average Bonchev–Trinajstić information content (AvgIpc) is 2.40. The van der Waals surface area contributed by atoms with Gasteiger partial charge in [-0.1, -0.05) is 65.6 Å². The van der Waals surface area contributed by atoms with Crippen molar-refractivity contribution in [1.29, 1.82) is 0 Å². The van der Waals surface area contributed by atoms with Crippen molar-refractivity contribution >= 4 is 34.3 Å². The third-order valence-corrected chi connectivity index (χ3v) is 8.39. The maximum Gasteiger partial charge on any atom is 0.317 e. The molecule has 0 spiro atoms. The molecule has 0 saturated carbocycles. The van der Waals surface area contributed by atoms with E-state index in [0.717, 1.165) is 12.8 Å². The minimum absolute atomic E-state index is 0.138. The van der Waals surface area contributed by atoms with Gasteiger partial charge in [-0.25, -0.2) is 4.79 Å². The van der Waals surface area contributed by atoms with Crippen LogP contribution in [0.15, 0.2) is 12.7 Å². The second kappa shape index (κ2) is 7.19. The highest BCUT2D eigenvalue weighted by Crippen LogP contribution is 2.44. The van der Waals surface area contributed by atoms with E-state index < -0.39 is 27.9 Å². The van der Waals surface area contributed by atoms with Crippen LogP contribution in [-0.2, 0) is 9.59 Å². The molecule has 0 N–H and O–H groups in total. The second-order valence-electron chi connectivity index (χ2n) is 9.06. The normalized spacial score (nSPS) is 20.1. The molecule has 1 saturated heterocycles. The Balaban J connectivity index is 3.72. The zero-order valence-electron chi connectivity index (χ0n) is 17.1. The summed E-state index contributed by atoms with van der Waals surface area (Å²) in [5.74, 6) is -0.754. The Morgan fingerprint density at radius 1 is 1.00 bits per heavy atom. The van der Waals surface area contributed by atoms with Gasteiger partial charge in [-0.2, -0.15) is 0 Å².